The number of carbonyl (C=O) groups is 2. The van der Waals surface area contributed by atoms with Crippen molar-refractivity contribution in [2.75, 3.05) is 35.2 Å². The van der Waals surface area contributed by atoms with Gasteiger partial charge in [0, 0.05) is 44.4 Å². The second kappa shape index (κ2) is 18.2. The maximum Gasteiger partial charge on any atom is 0.229 e. The summed E-state index contributed by atoms with van der Waals surface area (Å²) in [7, 11) is 0. The first-order valence-corrected chi connectivity index (χ1v) is 22.2. The number of benzene rings is 2. The van der Waals surface area contributed by atoms with Gasteiger partial charge >= 0.3 is 0 Å². The summed E-state index contributed by atoms with van der Waals surface area (Å²) in [6.45, 7) is 4.96. The number of nitrogens with one attached hydrogen (secondary N) is 4. The number of amides is 2. The van der Waals surface area contributed by atoms with Crippen LogP contribution in [0.1, 0.15) is 75.1 Å². The van der Waals surface area contributed by atoms with Crippen molar-refractivity contribution >= 4 is 63.3 Å². The van der Waals surface area contributed by atoms with Crippen molar-refractivity contribution in [3.8, 4) is 0 Å². The number of fused-ring (bicyclic) bond motifs is 2. The molecule has 0 bridgehead atoms. The molecule has 336 valence electrons. The van der Waals surface area contributed by atoms with Gasteiger partial charge in [0.2, 0.25) is 23.0 Å². The molecule has 2 aromatic carbocycles. The molecular formula is C44H52ClN13O6. The van der Waals surface area contributed by atoms with Crippen molar-refractivity contribution < 1.29 is 30.0 Å². The SMILES string of the molecule is CCC(=O)N[C@H]1C[C@@H](n2cnc3c(NCC(c4ccccc4)c4ccccc4)nc(N4CCC(Nc5nc(Cl)nc6c5ncn6[C@@H]5C[C@H](NC(=O)CC)[C@@H](O)[C@H]5O)C4)nc32)[C@H](O)[C@@H]1O. The van der Waals surface area contributed by atoms with E-state index in [2.05, 4.69) is 65.4 Å². The van der Waals surface area contributed by atoms with Crippen LogP contribution in [0.2, 0.25) is 5.28 Å². The average molecular weight is 894 g/mol. The van der Waals surface area contributed by atoms with Gasteiger partial charge in [0.1, 0.15) is 24.4 Å². The van der Waals surface area contributed by atoms with Crippen molar-refractivity contribution in [2.24, 2.45) is 0 Å². The van der Waals surface area contributed by atoms with Crippen LogP contribution in [0.5, 0.6) is 0 Å². The summed E-state index contributed by atoms with van der Waals surface area (Å²) in [4.78, 5) is 55.0. The number of hydrogen-bond acceptors (Lipinski definition) is 15. The fourth-order valence-corrected chi connectivity index (χ4v) is 9.53. The van der Waals surface area contributed by atoms with Crippen LogP contribution in [0.3, 0.4) is 0 Å². The third kappa shape index (κ3) is 8.40. The molecule has 5 heterocycles. The molecule has 6 aromatic rings. The Kier molecular flexibility index (Phi) is 12.3. The van der Waals surface area contributed by atoms with Gasteiger partial charge in [-0.25, -0.2) is 9.97 Å². The number of hydrogen-bond donors (Lipinski definition) is 8. The molecule has 2 saturated carbocycles. The van der Waals surface area contributed by atoms with Gasteiger partial charge in [-0.05, 0) is 42.0 Å². The molecule has 0 radical (unpaired) electrons. The van der Waals surface area contributed by atoms with E-state index < -0.39 is 48.6 Å². The zero-order valence-corrected chi connectivity index (χ0v) is 36.1. The molecule has 0 spiro atoms. The second-order valence-corrected chi connectivity index (χ2v) is 17.2. The van der Waals surface area contributed by atoms with Crippen LogP contribution in [0.25, 0.3) is 22.3 Å². The van der Waals surface area contributed by atoms with Crippen molar-refractivity contribution in [1.29, 1.82) is 0 Å². The van der Waals surface area contributed by atoms with Gasteiger partial charge < -0.3 is 55.7 Å². The van der Waals surface area contributed by atoms with Crippen LogP contribution in [0, 0.1) is 0 Å². The topological polar surface area (TPSA) is 254 Å². The first kappa shape index (κ1) is 43.3. The molecule has 20 heteroatoms. The fourth-order valence-electron chi connectivity index (χ4n) is 9.37. The summed E-state index contributed by atoms with van der Waals surface area (Å²) in [6.07, 6.45) is 0.0842. The Bertz CT molecular complexity index is 2580. The number of halogens is 1. The molecule has 3 aliphatic rings. The van der Waals surface area contributed by atoms with Gasteiger partial charge in [0.05, 0.1) is 36.8 Å². The normalized spacial score (nSPS) is 25.7. The highest BCUT2D eigenvalue weighted by molar-refractivity contribution is 6.28. The minimum Gasteiger partial charge on any atom is -0.388 e. The molecule has 19 nitrogen and oxygen atoms in total. The van der Waals surface area contributed by atoms with Crippen molar-refractivity contribution in [3.63, 3.8) is 0 Å². The summed E-state index contributed by atoms with van der Waals surface area (Å²) in [5, 5.41) is 56.9. The van der Waals surface area contributed by atoms with Crippen LogP contribution in [-0.4, -0.2) is 133 Å². The molecule has 1 unspecified atom stereocenters. The van der Waals surface area contributed by atoms with Crippen molar-refractivity contribution in [1.82, 2.24) is 49.7 Å². The number of aliphatic hydroxyl groups is 4. The molecule has 1 aliphatic heterocycles. The maximum atomic E-state index is 12.3. The number of anilines is 3. The van der Waals surface area contributed by atoms with Crippen molar-refractivity contribution in [3.05, 3.63) is 89.7 Å². The molecule has 2 aliphatic carbocycles. The minimum atomic E-state index is -1.19. The quantitative estimate of drug-likeness (QED) is 0.0732. The second-order valence-electron chi connectivity index (χ2n) is 16.8. The zero-order valence-electron chi connectivity index (χ0n) is 35.4. The molecule has 9 rings (SSSR count). The van der Waals surface area contributed by atoms with Crippen LogP contribution in [0.15, 0.2) is 73.3 Å². The van der Waals surface area contributed by atoms with Crippen LogP contribution >= 0.6 is 11.6 Å². The minimum absolute atomic E-state index is 0.0293. The van der Waals surface area contributed by atoms with Gasteiger partial charge in [-0.3, -0.25) is 9.59 Å². The number of aliphatic hydroxyl groups excluding tert-OH is 4. The Hall–Kier alpha value is -5.99. The van der Waals surface area contributed by atoms with Gasteiger partial charge in [-0.15, -0.1) is 0 Å². The zero-order chi connectivity index (χ0) is 44.6. The summed E-state index contributed by atoms with van der Waals surface area (Å²) >= 11 is 6.50. The monoisotopic (exact) mass is 893 g/mol. The molecule has 4 aromatic heterocycles. The highest BCUT2D eigenvalue weighted by atomic mass is 35.5. The molecule has 1 saturated heterocycles. The van der Waals surface area contributed by atoms with Gasteiger partial charge in [-0.2, -0.15) is 19.9 Å². The lowest BCUT2D eigenvalue weighted by Crippen LogP contribution is -2.42. The Balaban J connectivity index is 1.01. The predicted octanol–water partition coefficient (Wildman–Crippen LogP) is 2.68. The van der Waals surface area contributed by atoms with E-state index in [1.807, 2.05) is 36.4 Å². The maximum absolute atomic E-state index is 12.3. The Morgan fingerprint density at radius 3 is 1.80 bits per heavy atom. The molecule has 9 atom stereocenters. The fraction of sp³-hybridized carbons (Fsp3) is 0.455. The first-order chi connectivity index (χ1) is 31.0. The van der Waals surface area contributed by atoms with Gasteiger partial charge in [0.15, 0.2) is 34.0 Å². The molecule has 3 fully saturated rings. The third-order valence-corrected chi connectivity index (χ3v) is 13.0. The van der Waals surface area contributed by atoms with Gasteiger partial charge in [0.25, 0.3) is 0 Å². The summed E-state index contributed by atoms with van der Waals surface area (Å²) in [6, 6.07) is 17.7. The summed E-state index contributed by atoms with van der Waals surface area (Å²) in [5.41, 5.74) is 4.00. The Labute approximate surface area is 373 Å². The molecular weight excluding hydrogens is 842 g/mol. The van der Waals surface area contributed by atoms with E-state index in [4.69, 9.17) is 26.6 Å². The molecule has 2 amide bonds. The van der Waals surface area contributed by atoms with E-state index >= 15 is 0 Å². The van der Waals surface area contributed by atoms with Crippen LogP contribution < -0.4 is 26.2 Å². The Morgan fingerprint density at radius 2 is 1.25 bits per heavy atom. The average Bonchev–Trinajstić information content (AvgIpc) is 4.15. The van der Waals surface area contributed by atoms with E-state index in [1.165, 1.54) is 6.33 Å². The molecule has 8 N–H and O–H groups in total. The lowest BCUT2D eigenvalue weighted by atomic mass is 9.91. The lowest BCUT2D eigenvalue weighted by Gasteiger charge is -2.22. The largest absolute Gasteiger partial charge is 0.388 e. The number of nitrogens with zero attached hydrogens (tertiary/aromatic N) is 9. The van der Waals surface area contributed by atoms with Crippen molar-refractivity contribution in [2.45, 2.75) is 106 Å². The van der Waals surface area contributed by atoms with Crippen LogP contribution in [0.4, 0.5) is 17.6 Å². The standard InChI is InChI=1S/C44H52ClN13O6/c1-3-31(59)50-27-17-29(37(63)35(27)61)57-22-48-34-40(52-43(45)54-41(34)57)49-25-15-16-56(20-25)44-53-39(46-19-26(23-11-7-5-8-12-23)24-13-9-6-10-14-24)33-42(55-44)58(21-47-33)30-18-28(36(62)38(30)64)51-32(60)4-2/h5-14,21-22,25-30,35-38,61-64H,3-4,15-20H2,1-2H3,(H,50,59)(H,51,60)(H,46,53,55)(H,49,52,54)/t25?,27-,28-,29+,30+,35+,36+,37-,38-/m0/s1. The third-order valence-electron chi connectivity index (χ3n) is 12.8. The highest BCUT2D eigenvalue weighted by Gasteiger charge is 2.45. The number of imidazole rings is 2. The lowest BCUT2D eigenvalue weighted by molar-refractivity contribution is -0.123. The van der Waals surface area contributed by atoms with E-state index in [1.54, 1.807) is 29.3 Å². The van der Waals surface area contributed by atoms with Gasteiger partial charge in [-0.1, -0.05) is 74.5 Å². The van der Waals surface area contributed by atoms with E-state index in [9.17, 15) is 30.0 Å². The predicted molar refractivity (Wildman–Crippen MR) is 239 cm³/mol. The Morgan fingerprint density at radius 1 is 0.719 bits per heavy atom. The smallest absolute Gasteiger partial charge is 0.229 e. The molecule has 64 heavy (non-hydrogen) atoms. The number of aromatic nitrogens is 8. The highest BCUT2D eigenvalue weighted by Crippen LogP contribution is 2.37. The number of rotatable bonds is 14. The van der Waals surface area contributed by atoms with E-state index in [0.717, 1.165) is 11.1 Å². The van der Waals surface area contributed by atoms with E-state index in [-0.39, 0.29) is 54.7 Å². The summed E-state index contributed by atoms with van der Waals surface area (Å²) in [5.74, 6) is 0.852. The van der Waals surface area contributed by atoms with Crippen LogP contribution in [-0.2, 0) is 9.59 Å². The summed E-state index contributed by atoms with van der Waals surface area (Å²) < 4.78 is 3.44. The number of carbonyl (C=O) groups excluding carboxylic acids is 2. The van der Waals surface area contributed by atoms with E-state index in [0.29, 0.717) is 66.0 Å². The first-order valence-electron chi connectivity index (χ1n) is 21.8.